The Morgan fingerprint density at radius 3 is 2.77 bits per heavy atom. The molecule has 0 unspecified atom stereocenters. The molecule has 0 bridgehead atoms. The van der Waals surface area contributed by atoms with Crippen LogP contribution in [-0.2, 0) is 4.79 Å². The molecule has 3 heteroatoms. The van der Waals surface area contributed by atoms with E-state index < -0.39 is 0 Å². The maximum atomic E-state index is 10.8. The normalized spacial score (nSPS) is 10.1. The summed E-state index contributed by atoms with van der Waals surface area (Å²) >= 11 is 1.72. The molecule has 0 spiro atoms. The first-order valence-corrected chi connectivity index (χ1v) is 5.24. The predicted octanol–water partition coefficient (Wildman–Crippen LogP) is 2.47. The number of hydrogen-bond donors (Lipinski definition) is 0. The van der Waals surface area contributed by atoms with Crippen LogP contribution in [0.4, 0.5) is 5.00 Å². The molecule has 0 radical (unpaired) electrons. The molecule has 0 fully saturated rings. The maximum absolute atomic E-state index is 10.8. The molecule has 1 aromatic heterocycles. The minimum absolute atomic E-state index is 0.251. The third-order valence-electron chi connectivity index (χ3n) is 1.98. The maximum Gasteiger partial charge on any atom is 0.131 e. The number of ketones is 1. The first kappa shape index (κ1) is 10.3. The molecule has 2 nitrogen and oxygen atoms in total. The van der Waals surface area contributed by atoms with E-state index in [0.717, 1.165) is 6.54 Å². The van der Waals surface area contributed by atoms with E-state index in [4.69, 9.17) is 0 Å². The molecule has 0 atom stereocenters. The highest BCUT2D eigenvalue weighted by Gasteiger charge is 2.05. The average molecular weight is 197 g/mol. The second-order valence-corrected chi connectivity index (χ2v) is 4.18. The lowest BCUT2D eigenvalue weighted by atomic mass is 10.3. The van der Waals surface area contributed by atoms with Gasteiger partial charge in [0.1, 0.15) is 5.78 Å². The fourth-order valence-electron chi connectivity index (χ4n) is 1.18. The lowest BCUT2D eigenvalue weighted by Gasteiger charge is -2.17. The highest BCUT2D eigenvalue weighted by atomic mass is 32.1. The predicted molar refractivity (Wildman–Crippen MR) is 57.6 cm³/mol. The van der Waals surface area contributed by atoms with Crippen molar-refractivity contribution in [1.82, 2.24) is 0 Å². The summed E-state index contributed by atoms with van der Waals surface area (Å²) in [5, 5.41) is 3.34. The Bertz CT molecular complexity index is 293. The summed E-state index contributed by atoms with van der Waals surface area (Å²) < 4.78 is 0. The molecule has 0 aromatic carbocycles. The van der Waals surface area contributed by atoms with Crippen LogP contribution in [0.5, 0.6) is 0 Å². The van der Waals surface area contributed by atoms with Crippen LogP contribution in [0.25, 0.3) is 0 Å². The van der Waals surface area contributed by atoms with E-state index in [9.17, 15) is 4.79 Å². The average Bonchev–Trinajstić information content (AvgIpc) is 2.47. The lowest BCUT2D eigenvalue weighted by Crippen LogP contribution is -2.19. The van der Waals surface area contributed by atoms with Gasteiger partial charge in [0.15, 0.2) is 0 Å². The van der Waals surface area contributed by atoms with E-state index in [1.165, 1.54) is 10.6 Å². The highest BCUT2D eigenvalue weighted by Crippen LogP contribution is 2.25. The van der Waals surface area contributed by atoms with Crippen molar-refractivity contribution >= 4 is 22.1 Å². The molecule has 0 saturated heterocycles. The van der Waals surface area contributed by atoms with Gasteiger partial charge in [-0.05, 0) is 30.9 Å². The molecule has 0 aliphatic carbocycles. The molecule has 1 aromatic rings. The number of Topliss-reactive ketones (excluding diaryl/α,β-unsaturated/α-hetero) is 1. The number of anilines is 1. The van der Waals surface area contributed by atoms with E-state index in [0.29, 0.717) is 6.42 Å². The van der Waals surface area contributed by atoms with Gasteiger partial charge < -0.3 is 4.90 Å². The monoisotopic (exact) mass is 197 g/mol. The van der Waals surface area contributed by atoms with Gasteiger partial charge in [-0.25, -0.2) is 0 Å². The Labute approximate surface area is 83.2 Å². The van der Waals surface area contributed by atoms with Crippen LogP contribution in [0.3, 0.4) is 0 Å². The fraction of sp³-hybridized carbons (Fsp3) is 0.500. The van der Waals surface area contributed by atoms with E-state index >= 15 is 0 Å². The molecule has 1 heterocycles. The van der Waals surface area contributed by atoms with Gasteiger partial charge in [-0.15, -0.1) is 11.3 Å². The summed E-state index contributed by atoms with van der Waals surface area (Å²) in [5.41, 5.74) is 1.29. The van der Waals surface area contributed by atoms with Gasteiger partial charge in [0.05, 0.1) is 5.00 Å². The number of rotatable bonds is 4. The van der Waals surface area contributed by atoms with Crippen LogP contribution in [0.2, 0.25) is 0 Å². The number of carbonyl (C=O) groups is 1. The number of hydrogen-bond acceptors (Lipinski definition) is 3. The Hall–Kier alpha value is -0.830. The zero-order valence-electron chi connectivity index (χ0n) is 8.33. The topological polar surface area (TPSA) is 20.3 Å². The van der Waals surface area contributed by atoms with Gasteiger partial charge in [-0.2, -0.15) is 0 Å². The van der Waals surface area contributed by atoms with Crippen molar-refractivity contribution in [3.8, 4) is 0 Å². The molecular formula is C10H15NOS. The summed E-state index contributed by atoms with van der Waals surface area (Å²) in [7, 11) is 2.03. The number of aryl methyl sites for hydroxylation is 1. The van der Waals surface area contributed by atoms with Gasteiger partial charge in [0, 0.05) is 20.0 Å². The van der Waals surface area contributed by atoms with Crippen molar-refractivity contribution < 1.29 is 4.79 Å². The Morgan fingerprint density at radius 2 is 2.31 bits per heavy atom. The van der Waals surface area contributed by atoms with E-state index in [1.54, 1.807) is 18.3 Å². The summed E-state index contributed by atoms with van der Waals surface area (Å²) in [5.74, 6) is 0.251. The third kappa shape index (κ3) is 2.84. The SMILES string of the molecule is CC(=O)CCN(C)c1sccc1C. The van der Waals surface area contributed by atoms with Crippen LogP contribution < -0.4 is 4.90 Å². The first-order valence-electron chi connectivity index (χ1n) is 4.36. The van der Waals surface area contributed by atoms with Crippen LogP contribution in [0, 0.1) is 6.92 Å². The van der Waals surface area contributed by atoms with Crippen molar-refractivity contribution in [2.45, 2.75) is 20.3 Å². The van der Waals surface area contributed by atoms with Gasteiger partial charge in [-0.3, -0.25) is 4.79 Å². The zero-order chi connectivity index (χ0) is 9.84. The van der Waals surface area contributed by atoms with Gasteiger partial charge in [0.25, 0.3) is 0 Å². The fourth-order valence-corrected chi connectivity index (χ4v) is 2.11. The molecule has 0 aliphatic rings. The first-order chi connectivity index (χ1) is 6.11. The van der Waals surface area contributed by atoms with Crippen LogP contribution in [0.1, 0.15) is 18.9 Å². The van der Waals surface area contributed by atoms with Gasteiger partial charge in [0.2, 0.25) is 0 Å². The van der Waals surface area contributed by atoms with Crippen molar-refractivity contribution in [2.24, 2.45) is 0 Å². The van der Waals surface area contributed by atoms with Crippen molar-refractivity contribution in [3.63, 3.8) is 0 Å². The standard InChI is InChI=1S/C10H15NOS/c1-8-5-7-13-10(8)11(3)6-4-9(2)12/h5,7H,4,6H2,1-3H3. The highest BCUT2D eigenvalue weighted by molar-refractivity contribution is 7.14. The second-order valence-electron chi connectivity index (χ2n) is 3.28. The number of carbonyl (C=O) groups excluding carboxylic acids is 1. The summed E-state index contributed by atoms with van der Waals surface area (Å²) in [6.07, 6.45) is 0.633. The van der Waals surface area contributed by atoms with Crippen molar-refractivity contribution in [2.75, 3.05) is 18.5 Å². The van der Waals surface area contributed by atoms with Crippen molar-refractivity contribution in [1.29, 1.82) is 0 Å². The van der Waals surface area contributed by atoms with E-state index in [-0.39, 0.29) is 5.78 Å². The molecule has 0 saturated carbocycles. The Kier molecular flexibility index (Phi) is 3.48. The summed E-state index contributed by atoms with van der Waals surface area (Å²) in [4.78, 5) is 12.9. The van der Waals surface area contributed by atoms with Crippen LogP contribution >= 0.6 is 11.3 Å². The molecule has 13 heavy (non-hydrogen) atoms. The zero-order valence-corrected chi connectivity index (χ0v) is 9.15. The number of thiophene rings is 1. The lowest BCUT2D eigenvalue weighted by molar-refractivity contribution is -0.116. The Balaban J connectivity index is 2.53. The van der Waals surface area contributed by atoms with Crippen LogP contribution in [-0.4, -0.2) is 19.4 Å². The quantitative estimate of drug-likeness (QED) is 0.739. The van der Waals surface area contributed by atoms with Gasteiger partial charge >= 0.3 is 0 Å². The van der Waals surface area contributed by atoms with Crippen LogP contribution in [0.15, 0.2) is 11.4 Å². The third-order valence-corrected chi connectivity index (χ3v) is 3.11. The summed E-state index contributed by atoms with van der Waals surface area (Å²) in [6, 6.07) is 2.10. The number of nitrogens with zero attached hydrogens (tertiary/aromatic N) is 1. The molecule has 72 valence electrons. The smallest absolute Gasteiger partial charge is 0.131 e. The molecule has 1 rings (SSSR count). The van der Waals surface area contributed by atoms with E-state index in [1.807, 2.05) is 7.05 Å². The molecule has 0 N–H and O–H groups in total. The van der Waals surface area contributed by atoms with Crippen molar-refractivity contribution in [3.05, 3.63) is 17.0 Å². The molecule has 0 amide bonds. The largest absolute Gasteiger partial charge is 0.366 e. The summed E-state index contributed by atoms with van der Waals surface area (Å²) in [6.45, 7) is 4.54. The molecular weight excluding hydrogens is 182 g/mol. The molecule has 0 aliphatic heterocycles. The Morgan fingerprint density at radius 1 is 1.62 bits per heavy atom. The minimum atomic E-state index is 0.251. The van der Waals surface area contributed by atoms with E-state index in [2.05, 4.69) is 23.3 Å². The van der Waals surface area contributed by atoms with Gasteiger partial charge in [-0.1, -0.05) is 0 Å². The minimum Gasteiger partial charge on any atom is -0.366 e. The second kappa shape index (κ2) is 4.42.